The lowest BCUT2D eigenvalue weighted by Gasteiger charge is -2.48. The van der Waals surface area contributed by atoms with Crippen LogP contribution in [0.25, 0.3) is 22.4 Å². The summed E-state index contributed by atoms with van der Waals surface area (Å²) in [5, 5.41) is 0. The maximum atomic E-state index is 2.53. The summed E-state index contributed by atoms with van der Waals surface area (Å²) in [6.07, 6.45) is 3.29. The summed E-state index contributed by atoms with van der Waals surface area (Å²) in [4.78, 5) is 0. The number of benzene rings is 2. The van der Waals surface area contributed by atoms with Gasteiger partial charge in [0.2, 0.25) is 5.69 Å². The quantitative estimate of drug-likeness (QED) is 0.338. The summed E-state index contributed by atoms with van der Waals surface area (Å²) >= 11 is 0. The smallest absolute Gasteiger partial charge is 0.201 e. The van der Waals surface area contributed by atoms with Gasteiger partial charge in [0.15, 0.2) is 6.20 Å². The van der Waals surface area contributed by atoms with E-state index in [9.17, 15) is 0 Å². The number of hydrogen-bond donors (Lipinski definition) is 0. The van der Waals surface area contributed by atoms with E-state index in [0.29, 0.717) is 0 Å². The fraction of sp³-hybridized carbons (Fsp3) is 0.370. The van der Waals surface area contributed by atoms with Crippen molar-refractivity contribution in [1.29, 1.82) is 0 Å². The normalized spacial score (nSPS) is 17.5. The highest BCUT2D eigenvalue weighted by Gasteiger charge is 2.51. The highest BCUT2D eigenvalue weighted by molar-refractivity contribution is 5.88. The number of aryl methyl sites for hydroxylation is 2. The van der Waals surface area contributed by atoms with Crippen molar-refractivity contribution in [3.8, 4) is 22.4 Å². The second-order valence-corrected chi connectivity index (χ2v) is 9.88. The van der Waals surface area contributed by atoms with E-state index in [-0.39, 0.29) is 10.8 Å². The topological polar surface area (TPSA) is 3.88 Å². The van der Waals surface area contributed by atoms with Gasteiger partial charge in [0, 0.05) is 17.0 Å². The molecule has 0 amide bonds. The highest BCUT2D eigenvalue weighted by Crippen LogP contribution is 2.56. The molecular weight excluding hydrogens is 338 g/mol. The van der Waals surface area contributed by atoms with Gasteiger partial charge >= 0.3 is 0 Å². The summed E-state index contributed by atoms with van der Waals surface area (Å²) in [6, 6.07) is 13.8. The van der Waals surface area contributed by atoms with Crippen LogP contribution >= 0.6 is 0 Å². The zero-order valence-corrected chi connectivity index (χ0v) is 18.2. The monoisotopic (exact) mass is 368 g/mol. The fourth-order valence-electron chi connectivity index (χ4n) is 5.81. The molecule has 2 aliphatic rings. The molecule has 0 unspecified atom stereocenters. The number of pyridine rings is 1. The maximum Gasteiger partial charge on any atom is 0.216 e. The lowest BCUT2D eigenvalue weighted by atomic mass is 9.54. The molecule has 0 radical (unpaired) electrons. The van der Waals surface area contributed by atoms with Crippen LogP contribution in [0.2, 0.25) is 0 Å². The molecule has 142 valence electrons. The first-order chi connectivity index (χ1) is 13.2. The van der Waals surface area contributed by atoms with Crippen LogP contribution in [0.15, 0.2) is 42.6 Å². The lowest BCUT2D eigenvalue weighted by Crippen LogP contribution is -2.48. The SMILES string of the molecule is Cc1cc[n+](C)c2c1C(C)(C)C(C)(C)c1cc3c(c(C)c1-2)-c1ccccc1C3. The maximum absolute atomic E-state index is 2.53. The van der Waals surface area contributed by atoms with Crippen LogP contribution in [0, 0.1) is 13.8 Å². The number of hydrogen-bond acceptors (Lipinski definition) is 0. The highest BCUT2D eigenvalue weighted by atomic mass is 14.9. The largest absolute Gasteiger partial charge is 0.216 e. The summed E-state index contributed by atoms with van der Waals surface area (Å²) in [5.74, 6) is 0. The van der Waals surface area contributed by atoms with Crippen molar-refractivity contribution >= 4 is 0 Å². The summed E-state index contributed by atoms with van der Waals surface area (Å²) in [7, 11) is 2.21. The molecule has 2 aliphatic carbocycles. The minimum absolute atomic E-state index is 0.0585. The summed E-state index contributed by atoms with van der Waals surface area (Å²) < 4.78 is 2.35. The third kappa shape index (κ3) is 1.95. The van der Waals surface area contributed by atoms with E-state index in [1.807, 2.05) is 0 Å². The molecular formula is C27H30N+. The van der Waals surface area contributed by atoms with Crippen molar-refractivity contribution in [2.45, 2.75) is 58.8 Å². The first-order valence-electron chi connectivity index (χ1n) is 10.4. The zero-order valence-electron chi connectivity index (χ0n) is 18.2. The van der Waals surface area contributed by atoms with E-state index in [1.165, 1.54) is 55.8 Å². The van der Waals surface area contributed by atoms with Crippen molar-refractivity contribution in [2.75, 3.05) is 0 Å². The van der Waals surface area contributed by atoms with Gasteiger partial charge in [-0.3, -0.25) is 0 Å². The third-order valence-electron chi connectivity index (χ3n) is 7.96. The Labute approximate surface area is 169 Å². The minimum Gasteiger partial charge on any atom is -0.201 e. The van der Waals surface area contributed by atoms with E-state index >= 15 is 0 Å². The Balaban J connectivity index is 1.96. The molecule has 1 heterocycles. The van der Waals surface area contributed by atoms with Gasteiger partial charge in [-0.25, -0.2) is 4.57 Å². The first kappa shape index (κ1) is 17.7. The van der Waals surface area contributed by atoms with Crippen molar-refractivity contribution in [1.82, 2.24) is 0 Å². The van der Waals surface area contributed by atoms with Gasteiger partial charge in [0.25, 0.3) is 0 Å². The van der Waals surface area contributed by atoms with Crippen molar-refractivity contribution in [2.24, 2.45) is 7.05 Å². The van der Waals surface area contributed by atoms with Gasteiger partial charge in [0.05, 0.1) is 5.56 Å². The average molecular weight is 369 g/mol. The van der Waals surface area contributed by atoms with Gasteiger partial charge in [-0.15, -0.1) is 0 Å². The zero-order chi connectivity index (χ0) is 20.0. The van der Waals surface area contributed by atoms with E-state index in [4.69, 9.17) is 0 Å². The molecule has 0 saturated heterocycles. The molecule has 1 heteroatoms. The van der Waals surface area contributed by atoms with E-state index in [1.54, 1.807) is 0 Å². The van der Waals surface area contributed by atoms with Crippen LogP contribution in [0.4, 0.5) is 0 Å². The Morgan fingerprint density at radius 2 is 1.57 bits per heavy atom. The summed E-state index contributed by atoms with van der Waals surface area (Å²) in [6.45, 7) is 14.4. The van der Waals surface area contributed by atoms with E-state index in [2.05, 4.69) is 95.8 Å². The molecule has 2 aromatic carbocycles. The Hall–Kier alpha value is -2.41. The van der Waals surface area contributed by atoms with Crippen LogP contribution in [0.5, 0.6) is 0 Å². The molecule has 1 nitrogen and oxygen atoms in total. The van der Waals surface area contributed by atoms with Gasteiger partial charge in [0.1, 0.15) is 7.05 Å². The summed E-state index contributed by atoms with van der Waals surface area (Å²) in [5.41, 5.74) is 14.7. The van der Waals surface area contributed by atoms with Crippen molar-refractivity contribution < 1.29 is 4.57 Å². The van der Waals surface area contributed by atoms with Crippen LogP contribution in [0.3, 0.4) is 0 Å². The number of fused-ring (bicyclic) bond motifs is 6. The Morgan fingerprint density at radius 1 is 0.857 bits per heavy atom. The van der Waals surface area contributed by atoms with Crippen LogP contribution in [-0.4, -0.2) is 0 Å². The molecule has 5 rings (SSSR count). The number of nitrogens with zero attached hydrogens (tertiary/aromatic N) is 1. The first-order valence-corrected chi connectivity index (χ1v) is 10.4. The van der Waals surface area contributed by atoms with E-state index in [0.717, 1.165) is 6.42 Å². The van der Waals surface area contributed by atoms with Crippen molar-refractivity contribution in [3.63, 3.8) is 0 Å². The molecule has 28 heavy (non-hydrogen) atoms. The molecule has 0 spiro atoms. The fourth-order valence-corrected chi connectivity index (χ4v) is 5.81. The molecule has 0 atom stereocenters. The standard InChI is InChI=1S/C27H30N/c1-16-12-13-28(7)25-23-17(2)22-19(14-18-10-8-9-11-20(18)22)15-21(23)26(3,4)27(5,6)24(16)25/h8-13,15H,14H2,1-7H3/q+1. The molecule has 1 aromatic heterocycles. The lowest BCUT2D eigenvalue weighted by molar-refractivity contribution is -0.661. The molecule has 0 N–H and O–H groups in total. The van der Waals surface area contributed by atoms with Crippen LogP contribution in [0.1, 0.15) is 61.1 Å². The number of aromatic nitrogens is 1. The second kappa shape index (κ2) is 5.35. The second-order valence-electron chi connectivity index (χ2n) is 9.88. The molecule has 0 saturated carbocycles. The molecule has 0 bridgehead atoms. The van der Waals surface area contributed by atoms with Gasteiger partial charge in [-0.1, -0.05) is 58.0 Å². The molecule has 3 aromatic rings. The average Bonchev–Trinajstić information content (AvgIpc) is 3.01. The minimum atomic E-state index is 0.0585. The third-order valence-corrected chi connectivity index (χ3v) is 7.96. The predicted molar refractivity (Wildman–Crippen MR) is 117 cm³/mol. The van der Waals surface area contributed by atoms with Gasteiger partial charge in [-0.05, 0) is 64.6 Å². The van der Waals surface area contributed by atoms with Gasteiger partial charge in [-0.2, -0.15) is 0 Å². The van der Waals surface area contributed by atoms with Crippen LogP contribution < -0.4 is 4.57 Å². The Bertz CT molecular complexity index is 1160. The predicted octanol–water partition coefficient (Wildman–Crippen LogP) is 5.93. The van der Waals surface area contributed by atoms with Crippen molar-refractivity contribution in [3.05, 3.63) is 76.0 Å². The number of rotatable bonds is 0. The molecule has 0 fully saturated rings. The van der Waals surface area contributed by atoms with Crippen LogP contribution in [-0.2, 0) is 24.3 Å². The van der Waals surface area contributed by atoms with Gasteiger partial charge < -0.3 is 0 Å². The van der Waals surface area contributed by atoms with E-state index < -0.39 is 0 Å². The Kier molecular flexibility index (Phi) is 3.37. The molecule has 0 aliphatic heterocycles. The Morgan fingerprint density at radius 3 is 2.32 bits per heavy atom.